The van der Waals surface area contributed by atoms with Crippen molar-refractivity contribution in [2.45, 2.75) is 26.2 Å². The minimum atomic E-state index is -0.694. The van der Waals surface area contributed by atoms with E-state index in [9.17, 15) is 8.78 Å². The molecule has 0 amide bonds. The van der Waals surface area contributed by atoms with Crippen LogP contribution in [0.2, 0.25) is 0 Å². The van der Waals surface area contributed by atoms with Crippen molar-refractivity contribution in [3.63, 3.8) is 0 Å². The molecule has 5 heteroatoms. The van der Waals surface area contributed by atoms with E-state index in [0.29, 0.717) is 5.89 Å². The largest absolute Gasteiger partial charge is 0.420 e. The monoisotopic (exact) mass is 250 g/mol. The first-order valence-electron chi connectivity index (χ1n) is 5.76. The van der Waals surface area contributed by atoms with Gasteiger partial charge in [-0.25, -0.2) is 8.78 Å². The molecule has 1 atom stereocenters. The van der Waals surface area contributed by atoms with Crippen molar-refractivity contribution in [2.24, 2.45) is 5.41 Å². The fourth-order valence-corrected chi connectivity index (χ4v) is 2.04. The van der Waals surface area contributed by atoms with Crippen molar-refractivity contribution in [2.75, 3.05) is 0 Å². The molecule has 1 aromatic heterocycles. The van der Waals surface area contributed by atoms with Crippen LogP contribution in [0.5, 0.6) is 0 Å². The Balaban J connectivity index is 1.94. The molecule has 1 unspecified atom stereocenters. The molecule has 0 aliphatic heterocycles. The van der Waals surface area contributed by atoms with E-state index < -0.39 is 11.6 Å². The standard InChI is InChI=1S/C13H12F2N2O/c1-13(2)6-9(13)12-17-16-11(18-12)8-4-3-7(14)5-10(8)15/h3-5,9H,6H2,1-2H3. The summed E-state index contributed by atoms with van der Waals surface area (Å²) in [6.07, 6.45) is 0.987. The van der Waals surface area contributed by atoms with Crippen molar-refractivity contribution in [3.05, 3.63) is 35.7 Å². The lowest BCUT2D eigenvalue weighted by molar-refractivity contribution is 0.473. The molecule has 3 nitrogen and oxygen atoms in total. The predicted molar refractivity (Wildman–Crippen MR) is 60.8 cm³/mol. The molecule has 0 N–H and O–H groups in total. The van der Waals surface area contributed by atoms with Crippen LogP contribution in [0.15, 0.2) is 22.6 Å². The van der Waals surface area contributed by atoms with E-state index >= 15 is 0 Å². The van der Waals surface area contributed by atoms with Crippen LogP contribution in [-0.4, -0.2) is 10.2 Å². The van der Waals surface area contributed by atoms with Crippen LogP contribution in [0.4, 0.5) is 8.78 Å². The maximum atomic E-state index is 13.5. The zero-order valence-electron chi connectivity index (χ0n) is 10.1. The predicted octanol–water partition coefficient (Wildman–Crippen LogP) is 3.53. The van der Waals surface area contributed by atoms with Gasteiger partial charge >= 0.3 is 0 Å². The summed E-state index contributed by atoms with van der Waals surface area (Å²) in [4.78, 5) is 0. The summed E-state index contributed by atoms with van der Waals surface area (Å²) in [5, 5.41) is 7.76. The van der Waals surface area contributed by atoms with Gasteiger partial charge in [-0.3, -0.25) is 0 Å². The molecule has 0 bridgehead atoms. The Morgan fingerprint density at radius 2 is 2.00 bits per heavy atom. The van der Waals surface area contributed by atoms with Gasteiger partial charge in [0, 0.05) is 12.0 Å². The Morgan fingerprint density at radius 1 is 1.28 bits per heavy atom. The minimum absolute atomic E-state index is 0.102. The molecule has 2 aromatic rings. The number of hydrogen-bond acceptors (Lipinski definition) is 3. The van der Waals surface area contributed by atoms with Gasteiger partial charge in [-0.2, -0.15) is 0 Å². The minimum Gasteiger partial charge on any atom is -0.420 e. The Morgan fingerprint density at radius 3 is 2.61 bits per heavy atom. The van der Waals surface area contributed by atoms with E-state index in [-0.39, 0.29) is 22.8 Å². The van der Waals surface area contributed by atoms with Crippen molar-refractivity contribution in [1.29, 1.82) is 0 Å². The van der Waals surface area contributed by atoms with E-state index in [1.807, 2.05) is 0 Å². The molecule has 1 aliphatic carbocycles. The van der Waals surface area contributed by atoms with Crippen molar-refractivity contribution >= 4 is 0 Å². The van der Waals surface area contributed by atoms with Crippen molar-refractivity contribution < 1.29 is 13.2 Å². The highest BCUT2D eigenvalue weighted by Gasteiger charge is 2.50. The van der Waals surface area contributed by atoms with Crippen molar-refractivity contribution in [3.8, 4) is 11.5 Å². The van der Waals surface area contributed by atoms with Crippen molar-refractivity contribution in [1.82, 2.24) is 10.2 Å². The first kappa shape index (κ1) is 11.3. The van der Waals surface area contributed by atoms with E-state index in [1.54, 1.807) is 0 Å². The normalized spacial score (nSPS) is 21.0. The highest BCUT2D eigenvalue weighted by molar-refractivity contribution is 5.53. The van der Waals surface area contributed by atoms with Gasteiger partial charge in [-0.1, -0.05) is 13.8 Å². The molecule has 1 heterocycles. The third kappa shape index (κ3) is 1.79. The van der Waals surface area contributed by atoms with E-state index in [2.05, 4.69) is 24.0 Å². The molecular weight excluding hydrogens is 238 g/mol. The fraction of sp³-hybridized carbons (Fsp3) is 0.385. The second kappa shape index (κ2) is 3.60. The lowest BCUT2D eigenvalue weighted by Gasteiger charge is -1.98. The van der Waals surface area contributed by atoms with Crippen LogP contribution in [0, 0.1) is 17.0 Å². The van der Waals surface area contributed by atoms with Gasteiger partial charge in [0.15, 0.2) is 0 Å². The summed E-state index contributed by atoms with van der Waals surface area (Å²) >= 11 is 0. The van der Waals surface area contributed by atoms with Gasteiger partial charge in [0.25, 0.3) is 5.89 Å². The number of rotatable bonds is 2. The summed E-state index contributed by atoms with van der Waals surface area (Å²) in [7, 11) is 0. The number of hydrogen-bond donors (Lipinski definition) is 0. The van der Waals surface area contributed by atoms with Crippen LogP contribution in [0.3, 0.4) is 0 Å². The van der Waals surface area contributed by atoms with Gasteiger partial charge in [-0.15, -0.1) is 10.2 Å². The van der Waals surface area contributed by atoms with E-state index in [1.165, 1.54) is 12.1 Å². The topological polar surface area (TPSA) is 38.9 Å². The maximum absolute atomic E-state index is 13.5. The number of halogens is 2. The quantitative estimate of drug-likeness (QED) is 0.818. The third-order valence-electron chi connectivity index (χ3n) is 3.41. The number of aromatic nitrogens is 2. The average Bonchev–Trinajstić information content (AvgIpc) is 2.74. The van der Waals surface area contributed by atoms with Crippen LogP contribution in [0.25, 0.3) is 11.5 Å². The fourth-order valence-electron chi connectivity index (χ4n) is 2.04. The smallest absolute Gasteiger partial charge is 0.250 e. The summed E-state index contributed by atoms with van der Waals surface area (Å²) in [6, 6.07) is 3.28. The molecule has 0 radical (unpaired) electrons. The Labute approximate surface area is 103 Å². The summed E-state index contributed by atoms with van der Waals surface area (Å²) in [6.45, 7) is 4.22. The van der Waals surface area contributed by atoms with Crippen LogP contribution in [-0.2, 0) is 0 Å². The van der Waals surface area contributed by atoms with Gasteiger partial charge in [0.05, 0.1) is 5.56 Å². The zero-order chi connectivity index (χ0) is 12.9. The molecular formula is C13H12F2N2O. The lowest BCUT2D eigenvalue weighted by Crippen LogP contribution is -1.89. The second-order valence-corrected chi connectivity index (χ2v) is 5.31. The SMILES string of the molecule is CC1(C)CC1c1nnc(-c2ccc(F)cc2F)o1. The molecule has 1 fully saturated rings. The molecule has 18 heavy (non-hydrogen) atoms. The first-order valence-corrected chi connectivity index (χ1v) is 5.76. The van der Waals surface area contributed by atoms with E-state index in [4.69, 9.17) is 4.42 Å². The zero-order valence-corrected chi connectivity index (χ0v) is 10.1. The molecule has 1 saturated carbocycles. The molecule has 3 rings (SSSR count). The number of benzene rings is 1. The maximum Gasteiger partial charge on any atom is 0.250 e. The molecule has 1 aliphatic rings. The average molecular weight is 250 g/mol. The first-order chi connectivity index (χ1) is 8.47. The Kier molecular flexibility index (Phi) is 2.27. The van der Waals surface area contributed by atoms with Crippen LogP contribution < -0.4 is 0 Å². The molecule has 0 spiro atoms. The van der Waals surface area contributed by atoms with Crippen LogP contribution in [0.1, 0.15) is 32.1 Å². The lowest BCUT2D eigenvalue weighted by atomic mass is 10.1. The third-order valence-corrected chi connectivity index (χ3v) is 3.41. The van der Waals surface area contributed by atoms with E-state index in [0.717, 1.165) is 12.5 Å². The summed E-state index contributed by atoms with van der Waals surface area (Å²) in [5.41, 5.74) is 0.305. The Hall–Kier alpha value is -1.78. The number of nitrogens with zero attached hydrogens (tertiary/aromatic N) is 2. The van der Waals surface area contributed by atoms with Gasteiger partial charge < -0.3 is 4.42 Å². The van der Waals surface area contributed by atoms with Crippen LogP contribution >= 0.6 is 0 Å². The van der Waals surface area contributed by atoms with Gasteiger partial charge in [0.2, 0.25) is 5.89 Å². The highest BCUT2D eigenvalue weighted by atomic mass is 19.1. The highest BCUT2D eigenvalue weighted by Crippen LogP contribution is 2.58. The molecule has 0 saturated heterocycles. The van der Waals surface area contributed by atoms with Gasteiger partial charge in [-0.05, 0) is 24.0 Å². The van der Waals surface area contributed by atoms with Gasteiger partial charge in [0.1, 0.15) is 11.6 Å². The second-order valence-electron chi connectivity index (χ2n) is 5.31. The summed E-state index contributed by atoms with van der Waals surface area (Å²) in [5.74, 6) is -0.453. The summed E-state index contributed by atoms with van der Waals surface area (Å²) < 4.78 is 31.8. The molecule has 94 valence electrons. The molecule has 1 aromatic carbocycles. The Bertz CT molecular complexity index is 607.